The first-order chi connectivity index (χ1) is 9.34. The van der Waals surface area contributed by atoms with Crippen molar-refractivity contribution in [3.05, 3.63) is 41.7 Å². The fourth-order valence-electron chi connectivity index (χ4n) is 3.22. The molecule has 1 aromatic carbocycles. The van der Waals surface area contributed by atoms with Crippen LogP contribution in [0.2, 0.25) is 0 Å². The van der Waals surface area contributed by atoms with Gasteiger partial charge in [0.25, 0.3) is 0 Å². The minimum atomic E-state index is -3.34. The third-order valence-corrected chi connectivity index (χ3v) is 6.22. The molecule has 0 unspecified atom stereocenters. The lowest BCUT2D eigenvalue weighted by molar-refractivity contribution is 0.293. The molecular formula is C14H19N3O2S. The van der Waals surface area contributed by atoms with E-state index in [4.69, 9.17) is 5.73 Å². The second-order valence-corrected chi connectivity index (χ2v) is 7.65. The number of fused-ring (bicyclic) bond motifs is 2. The molecule has 20 heavy (non-hydrogen) atoms. The number of nitrogens with two attached hydrogens (primary N) is 1. The van der Waals surface area contributed by atoms with E-state index < -0.39 is 15.6 Å². The lowest BCUT2D eigenvalue weighted by atomic mass is 9.77. The topological polar surface area (TPSA) is 75.4 Å². The molecule has 2 aliphatic rings. The Morgan fingerprint density at radius 3 is 2.90 bits per heavy atom. The van der Waals surface area contributed by atoms with Crippen molar-refractivity contribution in [2.24, 2.45) is 0 Å². The largest absolute Gasteiger partial charge is 0.399 e. The van der Waals surface area contributed by atoms with Crippen LogP contribution in [0.3, 0.4) is 0 Å². The number of nitrogens with one attached hydrogen (secondary N) is 1. The Kier molecular flexibility index (Phi) is 2.76. The van der Waals surface area contributed by atoms with E-state index in [9.17, 15) is 8.42 Å². The fourth-order valence-corrected chi connectivity index (χ4v) is 4.79. The van der Waals surface area contributed by atoms with Gasteiger partial charge < -0.3 is 11.1 Å². The molecule has 0 bridgehead atoms. The lowest BCUT2D eigenvalue weighted by Crippen LogP contribution is -2.58. The van der Waals surface area contributed by atoms with Gasteiger partial charge in [-0.2, -0.15) is 0 Å². The SMILES string of the molecule is C=C1N[C@@]2(CCCc3ccc(N)cc32)CS(=O)(=O)N1C. The van der Waals surface area contributed by atoms with Crippen LogP contribution in [0.25, 0.3) is 0 Å². The zero-order valence-electron chi connectivity index (χ0n) is 11.5. The highest BCUT2D eigenvalue weighted by molar-refractivity contribution is 7.89. The molecule has 108 valence electrons. The summed E-state index contributed by atoms with van der Waals surface area (Å²) in [6, 6.07) is 5.77. The first-order valence-electron chi connectivity index (χ1n) is 6.67. The molecule has 3 rings (SSSR count). The standard InChI is InChI=1S/C14H19N3O2S/c1-10-16-14(9-20(18,19)17(10)2)7-3-4-11-5-6-12(15)8-13(11)14/h5-6,8,16H,1,3-4,7,9,15H2,2H3/t14-/m0/s1. The van der Waals surface area contributed by atoms with Crippen LogP contribution in [0.1, 0.15) is 24.0 Å². The summed E-state index contributed by atoms with van der Waals surface area (Å²) in [5, 5.41) is 3.32. The molecule has 1 spiro atoms. The Morgan fingerprint density at radius 1 is 1.45 bits per heavy atom. The van der Waals surface area contributed by atoms with Gasteiger partial charge in [-0.25, -0.2) is 8.42 Å². The summed E-state index contributed by atoms with van der Waals surface area (Å²) in [5.41, 5.74) is 8.13. The molecule has 0 amide bonds. The van der Waals surface area contributed by atoms with E-state index in [1.807, 2.05) is 18.2 Å². The second-order valence-electron chi connectivity index (χ2n) is 5.65. The predicted molar refractivity (Wildman–Crippen MR) is 79.3 cm³/mol. The number of hydrogen-bond acceptors (Lipinski definition) is 4. The normalized spacial score (nSPS) is 28.1. The number of hydrogen-bond donors (Lipinski definition) is 2. The smallest absolute Gasteiger partial charge is 0.238 e. The third-order valence-electron chi connectivity index (χ3n) is 4.31. The van der Waals surface area contributed by atoms with E-state index in [1.165, 1.54) is 16.9 Å². The van der Waals surface area contributed by atoms with Gasteiger partial charge in [-0.05, 0) is 42.5 Å². The molecule has 1 saturated heterocycles. The molecule has 1 fully saturated rings. The molecule has 1 aromatic rings. The summed E-state index contributed by atoms with van der Waals surface area (Å²) in [4.78, 5) is 0. The van der Waals surface area contributed by atoms with Gasteiger partial charge in [0.2, 0.25) is 10.0 Å². The van der Waals surface area contributed by atoms with Crippen LogP contribution in [0, 0.1) is 0 Å². The maximum Gasteiger partial charge on any atom is 0.238 e. The van der Waals surface area contributed by atoms with Gasteiger partial charge in [0.05, 0.1) is 11.3 Å². The van der Waals surface area contributed by atoms with Crippen LogP contribution in [-0.4, -0.2) is 25.5 Å². The van der Waals surface area contributed by atoms with Crippen LogP contribution >= 0.6 is 0 Å². The maximum atomic E-state index is 12.4. The lowest BCUT2D eigenvalue weighted by Gasteiger charge is -2.46. The van der Waals surface area contributed by atoms with Crippen LogP contribution in [0.5, 0.6) is 0 Å². The minimum Gasteiger partial charge on any atom is -0.399 e. The highest BCUT2D eigenvalue weighted by atomic mass is 32.2. The van der Waals surface area contributed by atoms with Crippen molar-refractivity contribution in [3.63, 3.8) is 0 Å². The summed E-state index contributed by atoms with van der Waals surface area (Å²) >= 11 is 0. The number of aryl methyl sites for hydroxylation is 1. The molecule has 1 atom stereocenters. The van der Waals surface area contributed by atoms with Gasteiger partial charge >= 0.3 is 0 Å². The van der Waals surface area contributed by atoms with Crippen molar-refractivity contribution < 1.29 is 8.42 Å². The molecule has 0 aromatic heterocycles. The predicted octanol–water partition coefficient (Wildman–Crippen LogP) is 1.14. The van der Waals surface area contributed by atoms with Gasteiger partial charge in [0.1, 0.15) is 5.82 Å². The van der Waals surface area contributed by atoms with Crippen molar-refractivity contribution in [2.75, 3.05) is 18.5 Å². The summed E-state index contributed by atoms with van der Waals surface area (Å²) in [5.74, 6) is 0.470. The number of anilines is 1. The number of nitrogens with zero attached hydrogens (tertiary/aromatic N) is 1. The molecule has 1 aliphatic heterocycles. The summed E-state index contributed by atoms with van der Waals surface area (Å²) in [7, 11) is -1.82. The van der Waals surface area contributed by atoms with Gasteiger partial charge in [-0.15, -0.1) is 0 Å². The van der Waals surface area contributed by atoms with E-state index in [1.54, 1.807) is 0 Å². The number of rotatable bonds is 0. The van der Waals surface area contributed by atoms with Crippen LogP contribution in [-0.2, 0) is 22.0 Å². The third kappa shape index (κ3) is 1.86. The molecule has 0 radical (unpaired) electrons. The van der Waals surface area contributed by atoms with Crippen molar-refractivity contribution in [1.29, 1.82) is 0 Å². The minimum absolute atomic E-state index is 0.0476. The Bertz CT molecular complexity index is 684. The quantitative estimate of drug-likeness (QED) is 0.703. The van der Waals surface area contributed by atoms with Crippen molar-refractivity contribution in [1.82, 2.24) is 9.62 Å². The number of sulfonamides is 1. The Balaban J connectivity index is 2.16. The monoisotopic (exact) mass is 293 g/mol. The summed E-state index contributed by atoms with van der Waals surface area (Å²) in [6.45, 7) is 3.84. The first kappa shape index (κ1) is 13.3. The second kappa shape index (κ2) is 4.15. The van der Waals surface area contributed by atoms with E-state index in [2.05, 4.69) is 11.9 Å². The number of nitrogen functional groups attached to an aromatic ring is 1. The number of benzene rings is 1. The molecule has 5 nitrogen and oxygen atoms in total. The summed E-state index contributed by atoms with van der Waals surface area (Å²) in [6.07, 6.45) is 2.69. The van der Waals surface area contributed by atoms with E-state index >= 15 is 0 Å². The zero-order chi connectivity index (χ0) is 14.5. The molecule has 6 heteroatoms. The average Bonchev–Trinajstić information content (AvgIpc) is 2.37. The Hall–Kier alpha value is -1.69. The van der Waals surface area contributed by atoms with E-state index in [0.717, 1.165) is 24.8 Å². The summed E-state index contributed by atoms with van der Waals surface area (Å²) < 4.78 is 25.9. The van der Waals surface area contributed by atoms with Crippen molar-refractivity contribution in [3.8, 4) is 0 Å². The maximum absolute atomic E-state index is 12.4. The van der Waals surface area contributed by atoms with Gasteiger partial charge in [-0.3, -0.25) is 4.31 Å². The van der Waals surface area contributed by atoms with Crippen LogP contribution in [0.15, 0.2) is 30.6 Å². The van der Waals surface area contributed by atoms with Gasteiger partial charge in [0.15, 0.2) is 0 Å². The van der Waals surface area contributed by atoms with E-state index in [0.29, 0.717) is 11.5 Å². The molecule has 1 aliphatic carbocycles. The van der Waals surface area contributed by atoms with Crippen molar-refractivity contribution >= 4 is 15.7 Å². The molecule has 1 heterocycles. The molecule has 3 N–H and O–H groups in total. The van der Waals surface area contributed by atoms with Gasteiger partial charge in [0, 0.05) is 12.7 Å². The fraction of sp³-hybridized carbons (Fsp3) is 0.429. The molecule has 0 saturated carbocycles. The van der Waals surface area contributed by atoms with Gasteiger partial charge in [-0.1, -0.05) is 12.6 Å². The average molecular weight is 293 g/mol. The zero-order valence-corrected chi connectivity index (χ0v) is 12.3. The first-order valence-corrected chi connectivity index (χ1v) is 8.28. The Morgan fingerprint density at radius 2 is 2.20 bits per heavy atom. The highest BCUT2D eigenvalue weighted by Crippen LogP contribution is 2.41. The van der Waals surface area contributed by atoms with Crippen LogP contribution in [0.4, 0.5) is 5.69 Å². The Labute approximate surface area is 119 Å². The van der Waals surface area contributed by atoms with Crippen LogP contribution < -0.4 is 11.1 Å². The van der Waals surface area contributed by atoms with Crippen molar-refractivity contribution in [2.45, 2.75) is 24.8 Å². The highest BCUT2D eigenvalue weighted by Gasteiger charge is 2.46. The molecular weight excluding hydrogens is 274 g/mol. The van der Waals surface area contributed by atoms with E-state index in [-0.39, 0.29) is 5.75 Å².